The second-order valence-corrected chi connectivity index (χ2v) is 7.32. The molecule has 7 heteroatoms. The van der Waals surface area contributed by atoms with Gasteiger partial charge in [0, 0.05) is 18.9 Å². The quantitative estimate of drug-likeness (QED) is 0.626. The number of rotatable bonds is 6. The highest BCUT2D eigenvalue weighted by Gasteiger charge is 2.12. The molecule has 3 rings (SSSR count). The predicted octanol–water partition coefficient (Wildman–Crippen LogP) is 3.61. The average Bonchev–Trinajstić information content (AvgIpc) is 3.14. The maximum absolute atomic E-state index is 12.1. The predicted molar refractivity (Wildman–Crippen MR) is 111 cm³/mol. The third-order valence-corrected chi connectivity index (χ3v) is 5.07. The number of aromatic nitrogens is 2. The number of carbonyl (C=O) groups excluding carboxylic acids is 2. The molecule has 144 valence electrons. The van der Waals surface area contributed by atoms with Crippen molar-refractivity contribution >= 4 is 23.7 Å². The minimum Gasteiger partial charge on any atom is -0.334 e. The number of hydrogen-bond acceptors (Lipinski definition) is 4. The van der Waals surface area contributed by atoms with Gasteiger partial charge in [-0.25, -0.2) is 9.78 Å². The monoisotopic (exact) mass is 394 g/mol. The largest absolute Gasteiger partial charge is 0.334 e. The molecule has 0 spiro atoms. The van der Waals surface area contributed by atoms with Gasteiger partial charge in [-0.1, -0.05) is 59.8 Å². The summed E-state index contributed by atoms with van der Waals surface area (Å²) in [7, 11) is 0. The van der Waals surface area contributed by atoms with Gasteiger partial charge in [0.1, 0.15) is 0 Å². The number of hydrogen-bond donors (Lipinski definition) is 2. The maximum atomic E-state index is 12.1. The van der Waals surface area contributed by atoms with E-state index in [1.54, 1.807) is 6.20 Å². The molecule has 6 nitrogen and oxygen atoms in total. The van der Waals surface area contributed by atoms with E-state index in [-0.39, 0.29) is 11.7 Å². The Morgan fingerprint density at radius 2 is 1.89 bits per heavy atom. The molecule has 1 aromatic heterocycles. The van der Waals surface area contributed by atoms with Gasteiger partial charge in [-0.3, -0.25) is 14.7 Å². The van der Waals surface area contributed by atoms with Gasteiger partial charge in [0.05, 0.1) is 11.4 Å². The van der Waals surface area contributed by atoms with Gasteiger partial charge in [0.15, 0.2) is 5.16 Å². The number of nitrogens with zero attached hydrogens (tertiary/aromatic N) is 2. The van der Waals surface area contributed by atoms with Crippen LogP contribution in [0.5, 0.6) is 0 Å². The van der Waals surface area contributed by atoms with E-state index in [0.29, 0.717) is 11.7 Å². The van der Waals surface area contributed by atoms with Crippen LogP contribution in [0.1, 0.15) is 16.7 Å². The van der Waals surface area contributed by atoms with Crippen LogP contribution in [0.3, 0.4) is 0 Å². The molecule has 3 aromatic rings. The van der Waals surface area contributed by atoms with Crippen LogP contribution in [0, 0.1) is 13.8 Å². The van der Waals surface area contributed by atoms with E-state index in [2.05, 4.69) is 21.7 Å². The zero-order chi connectivity index (χ0) is 19.9. The van der Waals surface area contributed by atoms with Gasteiger partial charge in [-0.15, -0.1) is 0 Å². The molecule has 1 heterocycles. The number of urea groups is 1. The van der Waals surface area contributed by atoms with Crippen LogP contribution < -0.4 is 10.6 Å². The summed E-state index contributed by atoms with van der Waals surface area (Å²) in [5.74, 6) is -0.272. The Labute approximate surface area is 168 Å². The van der Waals surface area contributed by atoms with Crippen LogP contribution >= 0.6 is 11.8 Å². The van der Waals surface area contributed by atoms with Crippen LogP contribution in [0.25, 0.3) is 5.69 Å². The molecular formula is C21H22N4O2S. The zero-order valence-electron chi connectivity index (χ0n) is 15.8. The first-order valence-electron chi connectivity index (χ1n) is 8.88. The average molecular weight is 395 g/mol. The number of aryl methyl sites for hydroxylation is 2. The third kappa shape index (κ3) is 5.23. The van der Waals surface area contributed by atoms with Crippen molar-refractivity contribution in [2.24, 2.45) is 0 Å². The molecule has 0 unspecified atom stereocenters. The second kappa shape index (κ2) is 9.23. The minimum absolute atomic E-state index is 0.0979. The zero-order valence-corrected chi connectivity index (χ0v) is 16.6. The highest BCUT2D eigenvalue weighted by Crippen LogP contribution is 2.23. The Bertz CT molecular complexity index is 970. The standard InChI is InChI=1S/C21H22N4O2S/c1-15-8-9-18(16(2)12-15)25-11-10-22-21(25)28-14-19(26)24-20(27)23-13-17-6-4-3-5-7-17/h3-12H,13-14H2,1-2H3,(H2,23,24,26,27). The minimum atomic E-state index is -0.507. The van der Waals surface area contributed by atoms with Gasteiger partial charge in [0.25, 0.3) is 0 Å². The van der Waals surface area contributed by atoms with Crippen molar-refractivity contribution in [2.45, 2.75) is 25.5 Å². The molecule has 0 saturated carbocycles. The molecule has 0 aliphatic rings. The van der Waals surface area contributed by atoms with E-state index < -0.39 is 6.03 Å². The molecule has 0 atom stereocenters. The normalized spacial score (nSPS) is 10.5. The van der Waals surface area contributed by atoms with Crippen molar-refractivity contribution in [3.8, 4) is 5.69 Å². The fourth-order valence-corrected chi connectivity index (χ4v) is 3.54. The van der Waals surface area contributed by atoms with Crippen molar-refractivity contribution < 1.29 is 9.59 Å². The molecule has 28 heavy (non-hydrogen) atoms. The molecule has 3 amide bonds. The van der Waals surface area contributed by atoms with Gasteiger partial charge < -0.3 is 5.32 Å². The Kier molecular flexibility index (Phi) is 6.49. The van der Waals surface area contributed by atoms with E-state index in [0.717, 1.165) is 16.8 Å². The van der Waals surface area contributed by atoms with Gasteiger partial charge in [-0.05, 0) is 31.0 Å². The number of carbonyl (C=O) groups is 2. The fourth-order valence-electron chi connectivity index (χ4n) is 2.77. The first kappa shape index (κ1) is 19.7. The Morgan fingerprint density at radius 1 is 1.11 bits per heavy atom. The number of amides is 3. The number of nitrogens with one attached hydrogen (secondary N) is 2. The number of imide groups is 1. The van der Waals surface area contributed by atoms with Gasteiger partial charge in [-0.2, -0.15) is 0 Å². The van der Waals surface area contributed by atoms with E-state index in [4.69, 9.17) is 0 Å². The number of benzene rings is 2. The van der Waals surface area contributed by atoms with E-state index in [1.165, 1.54) is 17.3 Å². The van der Waals surface area contributed by atoms with Crippen molar-refractivity contribution in [1.29, 1.82) is 0 Å². The summed E-state index contributed by atoms with van der Waals surface area (Å²) in [4.78, 5) is 28.3. The molecule has 0 aliphatic heterocycles. The molecule has 0 fully saturated rings. The smallest absolute Gasteiger partial charge is 0.321 e. The summed E-state index contributed by atoms with van der Waals surface area (Å²) in [6.07, 6.45) is 3.57. The van der Waals surface area contributed by atoms with Crippen LogP contribution in [-0.2, 0) is 11.3 Å². The lowest BCUT2D eigenvalue weighted by Crippen LogP contribution is -2.39. The van der Waals surface area contributed by atoms with Gasteiger partial charge >= 0.3 is 6.03 Å². The molecule has 2 aromatic carbocycles. The molecular weight excluding hydrogens is 372 g/mol. The van der Waals surface area contributed by atoms with Crippen molar-refractivity contribution in [3.05, 3.63) is 77.6 Å². The number of thioether (sulfide) groups is 1. The molecule has 2 N–H and O–H groups in total. The fraction of sp³-hybridized carbons (Fsp3) is 0.190. The van der Waals surface area contributed by atoms with E-state index in [9.17, 15) is 9.59 Å². The summed E-state index contributed by atoms with van der Waals surface area (Å²) in [6.45, 7) is 4.46. The summed E-state index contributed by atoms with van der Waals surface area (Å²) >= 11 is 1.29. The van der Waals surface area contributed by atoms with Crippen molar-refractivity contribution in [3.63, 3.8) is 0 Å². The van der Waals surface area contributed by atoms with Crippen molar-refractivity contribution in [2.75, 3.05) is 5.75 Å². The Morgan fingerprint density at radius 3 is 2.64 bits per heavy atom. The van der Waals surface area contributed by atoms with Gasteiger partial charge in [0.2, 0.25) is 5.91 Å². The molecule has 0 aliphatic carbocycles. The second-order valence-electron chi connectivity index (χ2n) is 6.37. The molecule has 0 radical (unpaired) electrons. The summed E-state index contributed by atoms with van der Waals surface area (Å²) < 4.78 is 1.95. The molecule has 0 saturated heterocycles. The van der Waals surface area contributed by atoms with Crippen LogP contribution in [0.4, 0.5) is 4.79 Å². The SMILES string of the molecule is Cc1ccc(-n2ccnc2SCC(=O)NC(=O)NCc2ccccc2)c(C)c1. The topological polar surface area (TPSA) is 76.0 Å². The van der Waals surface area contributed by atoms with Crippen LogP contribution in [0.15, 0.2) is 66.1 Å². The van der Waals surface area contributed by atoms with E-state index in [1.807, 2.05) is 67.1 Å². The highest BCUT2D eigenvalue weighted by atomic mass is 32.2. The maximum Gasteiger partial charge on any atom is 0.321 e. The van der Waals surface area contributed by atoms with E-state index >= 15 is 0 Å². The van der Waals surface area contributed by atoms with Crippen molar-refractivity contribution in [1.82, 2.24) is 20.2 Å². The summed E-state index contributed by atoms with van der Waals surface area (Å²) in [5.41, 5.74) is 4.31. The number of imidazole rings is 1. The third-order valence-electron chi connectivity index (χ3n) is 4.10. The lowest BCUT2D eigenvalue weighted by Gasteiger charge is -2.11. The summed E-state index contributed by atoms with van der Waals surface area (Å²) in [6, 6.07) is 15.2. The Hall–Kier alpha value is -3.06. The molecule has 0 bridgehead atoms. The van der Waals surface area contributed by atoms with Crippen LogP contribution in [-0.4, -0.2) is 27.2 Å². The Balaban J connectivity index is 1.52. The highest BCUT2D eigenvalue weighted by molar-refractivity contribution is 7.99. The first-order chi connectivity index (χ1) is 13.5. The first-order valence-corrected chi connectivity index (χ1v) is 9.87. The lowest BCUT2D eigenvalue weighted by atomic mass is 10.1. The van der Waals surface area contributed by atoms with Crippen LogP contribution in [0.2, 0.25) is 0 Å². The lowest BCUT2D eigenvalue weighted by molar-refractivity contribution is -0.117. The summed E-state index contributed by atoms with van der Waals surface area (Å²) in [5, 5.41) is 5.72.